The number of ether oxygens (including phenoxy) is 4. The van der Waals surface area contributed by atoms with Gasteiger partial charge in [0.1, 0.15) is 11.4 Å². The number of esters is 1. The minimum Gasteiger partial charge on any atom is -0.495 e. The molecule has 0 unspecified atom stereocenters. The average molecular weight is 548 g/mol. The highest BCUT2D eigenvalue weighted by atomic mass is 35.5. The van der Waals surface area contributed by atoms with Gasteiger partial charge in [0.25, 0.3) is 5.91 Å². The predicted octanol–water partition coefficient (Wildman–Crippen LogP) is 5.41. The van der Waals surface area contributed by atoms with E-state index in [2.05, 4.69) is 5.32 Å². The molecule has 3 aromatic carbocycles. The second-order valence-electron chi connectivity index (χ2n) is 8.12. The molecule has 9 nitrogen and oxygen atoms in total. The summed E-state index contributed by atoms with van der Waals surface area (Å²) in [5, 5.41) is 7.70. The summed E-state index contributed by atoms with van der Waals surface area (Å²) in [4.78, 5) is 24.7. The number of rotatable bonds is 10. The molecule has 0 spiro atoms. The standard InChI is InChI=1S/C29H26ClN3O6/c1-36-24-13-11-21(16-23(24)30)31-27(34)18-39-28(35)14-10-20-17-33(22-7-5-4-6-8-22)32-29(20)19-9-12-25(37-2)26(15-19)38-3/h4-17H,18H2,1-3H3,(H,31,34)/b14-10+. The van der Waals surface area contributed by atoms with Crippen molar-refractivity contribution in [3.05, 3.63) is 89.6 Å². The van der Waals surface area contributed by atoms with Crippen LogP contribution in [0.4, 0.5) is 5.69 Å². The van der Waals surface area contributed by atoms with E-state index in [1.165, 1.54) is 13.2 Å². The van der Waals surface area contributed by atoms with Gasteiger partial charge in [0.2, 0.25) is 0 Å². The summed E-state index contributed by atoms with van der Waals surface area (Å²) in [6, 6.07) is 19.8. The second-order valence-corrected chi connectivity index (χ2v) is 8.53. The molecule has 0 saturated heterocycles. The van der Waals surface area contributed by atoms with Crippen LogP contribution in [0.2, 0.25) is 5.02 Å². The first kappa shape index (κ1) is 27.3. The van der Waals surface area contributed by atoms with E-state index in [0.717, 1.165) is 11.3 Å². The number of amides is 1. The van der Waals surface area contributed by atoms with Crippen LogP contribution in [0.15, 0.2) is 79.0 Å². The summed E-state index contributed by atoms with van der Waals surface area (Å²) in [6.45, 7) is -0.474. The molecule has 0 atom stereocenters. The molecule has 0 bridgehead atoms. The van der Waals surface area contributed by atoms with Gasteiger partial charge < -0.3 is 24.3 Å². The van der Waals surface area contributed by atoms with Gasteiger partial charge in [-0.25, -0.2) is 9.48 Å². The van der Waals surface area contributed by atoms with E-state index in [9.17, 15) is 9.59 Å². The van der Waals surface area contributed by atoms with Crippen molar-refractivity contribution in [3.8, 4) is 34.2 Å². The third-order valence-corrected chi connectivity index (χ3v) is 5.90. The van der Waals surface area contributed by atoms with Gasteiger partial charge in [-0.2, -0.15) is 5.10 Å². The molecular weight excluding hydrogens is 522 g/mol. The maximum Gasteiger partial charge on any atom is 0.331 e. The number of aromatic nitrogens is 2. The molecule has 1 amide bonds. The molecule has 0 aliphatic rings. The van der Waals surface area contributed by atoms with Crippen LogP contribution >= 0.6 is 11.6 Å². The maximum atomic E-state index is 12.4. The van der Waals surface area contributed by atoms with Gasteiger partial charge >= 0.3 is 5.97 Å². The lowest BCUT2D eigenvalue weighted by Gasteiger charge is -2.09. The fraction of sp³-hybridized carbons (Fsp3) is 0.138. The second kappa shape index (κ2) is 12.7. The van der Waals surface area contributed by atoms with Crippen LogP contribution in [0.1, 0.15) is 5.56 Å². The van der Waals surface area contributed by atoms with Crippen LogP contribution in [0.5, 0.6) is 17.2 Å². The molecule has 1 heterocycles. The minimum atomic E-state index is -0.691. The number of carbonyl (C=O) groups excluding carboxylic acids is 2. The summed E-state index contributed by atoms with van der Waals surface area (Å²) in [7, 11) is 4.62. The minimum absolute atomic E-state index is 0.344. The van der Waals surface area contributed by atoms with Crippen molar-refractivity contribution >= 4 is 35.2 Å². The van der Waals surface area contributed by atoms with Crippen molar-refractivity contribution in [1.29, 1.82) is 0 Å². The monoisotopic (exact) mass is 547 g/mol. The van der Waals surface area contributed by atoms with Gasteiger partial charge in [0.15, 0.2) is 18.1 Å². The number of benzene rings is 3. The van der Waals surface area contributed by atoms with Gasteiger partial charge in [0, 0.05) is 29.1 Å². The number of hydrogen-bond acceptors (Lipinski definition) is 7. The van der Waals surface area contributed by atoms with E-state index in [-0.39, 0.29) is 0 Å². The Morgan fingerprint density at radius 3 is 2.33 bits per heavy atom. The zero-order valence-corrected chi connectivity index (χ0v) is 22.3. The highest BCUT2D eigenvalue weighted by molar-refractivity contribution is 6.32. The van der Waals surface area contributed by atoms with Gasteiger partial charge in [-0.1, -0.05) is 29.8 Å². The van der Waals surface area contributed by atoms with Gasteiger partial charge in [0.05, 0.1) is 32.0 Å². The van der Waals surface area contributed by atoms with Crippen LogP contribution in [-0.2, 0) is 14.3 Å². The largest absolute Gasteiger partial charge is 0.495 e. The smallest absolute Gasteiger partial charge is 0.331 e. The molecule has 1 N–H and O–H groups in total. The zero-order chi connectivity index (χ0) is 27.8. The molecule has 39 heavy (non-hydrogen) atoms. The Balaban J connectivity index is 1.50. The van der Waals surface area contributed by atoms with E-state index < -0.39 is 18.5 Å². The predicted molar refractivity (Wildman–Crippen MR) is 149 cm³/mol. The third-order valence-electron chi connectivity index (χ3n) is 5.60. The summed E-state index contributed by atoms with van der Waals surface area (Å²) >= 11 is 6.08. The highest BCUT2D eigenvalue weighted by Gasteiger charge is 2.14. The number of halogens is 1. The molecular formula is C29H26ClN3O6. The van der Waals surface area contributed by atoms with Crippen LogP contribution < -0.4 is 19.5 Å². The molecule has 1 aromatic heterocycles. The fourth-order valence-electron chi connectivity index (χ4n) is 3.71. The van der Waals surface area contributed by atoms with Gasteiger partial charge in [-0.15, -0.1) is 0 Å². The number of hydrogen-bond donors (Lipinski definition) is 1. The molecule has 0 aliphatic heterocycles. The third kappa shape index (κ3) is 6.77. The van der Waals surface area contributed by atoms with Crippen molar-refractivity contribution in [2.45, 2.75) is 0 Å². The van der Waals surface area contributed by atoms with Crippen LogP contribution in [0, 0.1) is 0 Å². The van der Waals surface area contributed by atoms with Crippen molar-refractivity contribution in [1.82, 2.24) is 9.78 Å². The number of carbonyl (C=O) groups is 2. The summed E-state index contributed by atoms with van der Waals surface area (Å²) in [6.07, 6.45) is 4.63. The normalized spacial score (nSPS) is 10.8. The molecule has 0 aliphatic carbocycles. The van der Waals surface area contributed by atoms with E-state index >= 15 is 0 Å². The Kier molecular flexibility index (Phi) is 8.86. The molecule has 0 fully saturated rings. The molecule has 10 heteroatoms. The number of methoxy groups -OCH3 is 3. The lowest BCUT2D eigenvalue weighted by Crippen LogP contribution is -2.20. The van der Waals surface area contributed by atoms with E-state index in [0.29, 0.717) is 39.2 Å². The van der Waals surface area contributed by atoms with Crippen molar-refractivity contribution in [2.24, 2.45) is 0 Å². The number of nitrogens with one attached hydrogen (secondary N) is 1. The Labute approximate surface area is 230 Å². The lowest BCUT2D eigenvalue weighted by atomic mass is 10.1. The van der Waals surface area contributed by atoms with Crippen LogP contribution in [0.25, 0.3) is 23.0 Å². The lowest BCUT2D eigenvalue weighted by molar-refractivity contribution is -0.142. The first-order chi connectivity index (χ1) is 18.9. The molecule has 200 valence electrons. The van der Waals surface area contributed by atoms with E-state index in [4.69, 9.17) is 35.6 Å². The fourth-order valence-corrected chi connectivity index (χ4v) is 3.97. The zero-order valence-electron chi connectivity index (χ0n) is 21.5. The summed E-state index contributed by atoms with van der Waals surface area (Å²) < 4.78 is 22.7. The molecule has 4 aromatic rings. The quantitative estimate of drug-likeness (QED) is 0.209. The SMILES string of the molecule is COc1ccc(NC(=O)COC(=O)/C=C/c2cn(-c3ccccc3)nc2-c2ccc(OC)c(OC)c2)cc1Cl. The molecule has 0 saturated carbocycles. The topological polar surface area (TPSA) is 101 Å². The van der Waals surface area contributed by atoms with Crippen LogP contribution in [-0.4, -0.2) is 49.6 Å². The van der Waals surface area contributed by atoms with Crippen molar-refractivity contribution in [3.63, 3.8) is 0 Å². The summed E-state index contributed by atoms with van der Waals surface area (Å²) in [5.41, 5.74) is 3.31. The van der Waals surface area contributed by atoms with E-state index in [1.54, 1.807) is 55.4 Å². The van der Waals surface area contributed by atoms with Gasteiger partial charge in [-0.05, 0) is 54.6 Å². The number of para-hydroxylation sites is 1. The molecule has 0 radical (unpaired) electrons. The first-order valence-electron chi connectivity index (χ1n) is 11.8. The number of anilines is 1. The Morgan fingerprint density at radius 2 is 1.64 bits per heavy atom. The van der Waals surface area contributed by atoms with E-state index in [1.807, 2.05) is 42.5 Å². The summed E-state index contributed by atoms with van der Waals surface area (Å²) in [5.74, 6) is 0.404. The Morgan fingerprint density at radius 1 is 0.923 bits per heavy atom. The highest BCUT2D eigenvalue weighted by Crippen LogP contribution is 2.34. The Hall–Kier alpha value is -4.76. The van der Waals surface area contributed by atoms with Crippen molar-refractivity contribution < 1.29 is 28.5 Å². The van der Waals surface area contributed by atoms with Crippen molar-refractivity contribution in [2.75, 3.05) is 33.3 Å². The Bertz CT molecular complexity index is 1500. The van der Waals surface area contributed by atoms with Crippen LogP contribution in [0.3, 0.4) is 0 Å². The molecule has 4 rings (SSSR count). The average Bonchev–Trinajstić information content (AvgIpc) is 3.39. The maximum absolute atomic E-state index is 12.4. The number of nitrogens with zero attached hydrogens (tertiary/aromatic N) is 2. The first-order valence-corrected chi connectivity index (χ1v) is 12.2. The van der Waals surface area contributed by atoms with Gasteiger partial charge in [-0.3, -0.25) is 4.79 Å².